The lowest BCUT2D eigenvalue weighted by Gasteiger charge is -2.16. The summed E-state index contributed by atoms with van der Waals surface area (Å²) in [5.74, 6) is 0. The molecule has 0 saturated carbocycles. The molecule has 66 valence electrons. The number of nitrogens with zero attached hydrogens (tertiary/aromatic N) is 1. The first-order valence-corrected chi connectivity index (χ1v) is 5.13. The standard InChI is InChI=1S/C4H9NO3S3/c1-2-3-5(4(9)10)11(6,7)8/h2-3H2,1H3,(H,9,10)(H,6,7,8). The molecule has 0 heterocycles. The minimum Gasteiger partial charge on any atom is -0.269 e. The van der Waals surface area contributed by atoms with Crippen molar-refractivity contribution < 1.29 is 13.0 Å². The van der Waals surface area contributed by atoms with E-state index in [-0.39, 0.29) is 10.9 Å². The third-order valence-corrected chi connectivity index (χ3v) is 2.55. The zero-order valence-electron chi connectivity index (χ0n) is 5.89. The van der Waals surface area contributed by atoms with Gasteiger partial charge in [0.2, 0.25) is 0 Å². The first kappa shape index (κ1) is 11.2. The maximum Gasteiger partial charge on any atom is 0.361 e. The maximum atomic E-state index is 10.5. The zero-order valence-corrected chi connectivity index (χ0v) is 8.42. The van der Waals surface area contributed by atoms with Crippen molar-refractivity contribution in [2.75, 3.05) is 6.54 Å². The molecule has 0 rings (SSSR count). The van der Waals surface area contributed by atoms with Gasteiger partial charge in [0.15, 0.2) is 0 Å². The van der Waals surface area contributed by atoms with Gasteiger partial charge in [-0.05, 0) is 6.42 Å². The third-order valence-electron chi connectivity index (χ3n) is 0.919. The molecule has 7 heteroatoms. The van der Waals surface area contributed by atoms with Crippen LogP contribution in [-0.4, -0.2) is 28.1 Å². The molecule has 0 unspecified atom stereocenters. The largest absolute Gasteiger partial charge is 0.361 e. The Morgan fingerprint density at radius 3 is 2.27 bits per heavy atom. The highest BCUT2D eigenvalue weighted by atomic mass is 32.2. The third kappa shape index (κ3) is 3.90. The molecule has 0 fully saturated rings. The summed E-state index contributed by atoms with van der Waals surface area (Å²) in [6, 6.07) is 0. The highest BCUT2D eigenvalue weighted by molar-refractivity contribution is 8.12. The SMILES string of the molecule is CCCN(C(=S)S)S(=O)(=O)O. The zero-order chi connectivity index (χ0) is 9.07. The summed E-state index contributed by atoms with van der Waals surface area (Å²) >= 11 is 8.12. The topological polar surface area (TPSA) is 57.6 Å². The molecular weight excluding hydrogens is 206 g/mol. The molecule has 0 spiro atoms. The van der Waals surface area contributed by atoms with Crippen LogP contribution in [0.4, 0.5) is 0 Å². The van der Waals surface area contributed by atoms with Gasteiger partial charge in [-0.25, -0.2) is 4.31 Å². The fourth-order valence-electron chi connectivity index (χ4n) is 0.513. The van der Waals surface area contributed by atoms with Crippen LogP contribution < -0.4 is 0 Å². The molecule has 0 aromatic heterocycles. The lowest BCUT2D eigenvalue weighted by atomic mass is 10.5. The van der Waals surface area contributed by atoms with E-state index in [1.165, 1.54) is 0 Å². The Balaban J connectivity index is 4.49. The van der Waals surface area contributed by atoms with Crippen LogP contribution in [0.3, 0.4) is 0 Å². The van der Waals surface area contributed by atoms with Crippen LogP contribution in [0.5, 0.6) is 0 Å². The Labute approximate surface area is 76.9 Å². The van der Waals surface area contributed by atoms with Crippen molar-refractivity contribution in [1.29, 1.82) is 0 Å². The quantitative estimate of drug-likeness (QED) is 0.414. The Hall–Kier alpha value is 0.150. The smallest absolute Gasteiger partial charge is 0.269 e. The number of thiol groups is 1. The molecule has 11 heavy (non-hydrogen) atoms. The summed E-state index contributed by atoms with van der Waals surface area (Å²) in [4.78, 5) is 0. The summed E-state index contributed by atoms with van der Waals surface area (Å²) in [5, 5.41) is 0. The van der Waals surface area contributed by atoms with Crippen molar-refractivity contribution in [2.45, 2.75) is 13.3 Å². The predicted octanol–water partition coefficient (Wildman–Crippen LogP) is 0.716. The van der Waals surface area contributed by atoms with E-state index in [1.807, 2.05) is 0 Å². The number of rotatable bonds is 3. The van der Waals surface area contributed by atoms with Crippen LogP contribution in [0.1, 0.15) is 13.3 Å². The lowest BCUT2D eigenvalue weighted by molar-refractivity contribution is 0.423. The van der Waals surface area contributed by atoms with Crippen LogP contribution in [0.15, 0.2) is 0 Å². The Morgan fingerprint density at radius 2 is 2.18 bits per heavy atom. The summed E-state index contributed by atoms with van der Waals surface area (Å²) in [7, 11) is -4.21. The molecule has 0 atom stereocenters. The van der Waals surface area contributed by atoms with Gasteiger partial charge >= 0.3 is 10.3 Å². The lowest BCUT2D eigenvalue weighted by Crippen LogP contribution is -2.33. The van der Waals surface area contributed by atoms with Crippen LogP contribution in [0.2, 0.25) is 0 Å². The average molecular weight is 215 g/mol. The normalized spacial score (nSPS) is 11.2. The molecule has 0 radical (unpaired) electrons. The molecular formula is C4H9NO3S3. The van der Waals surface area contributed by atoms with Crippen molar-refractivity contribution in [3.63, 3.8) is 0 Å². The van der Waals surface area contributed by atoms with Crippen LogP contribution in [0.25, 0.3) is 0 Å². The van der Waals surface area contributed by atoms with Gasteiger partial charge in [0.05, 0.1) is 0 Å². The maximum absolute atomic E-state index is 10.5. The van der Waals surface area contributed by atoms with E-state index < -0.39 is 10.3 Å². The van der Waals surface area contributed by atoms with E-state index in [0.717, 1.165) is 0 Å². The van der Waals surface area contributed by atoms with Gasteiger partial charge < -0.3 is 0 Å². The Morgan fingerprint density at radius 1 is 1.73 bits per heavy atom. The first-order valence-electron chi connectivity index (χ1n) is 2.87. The van der Waals surface area contributed by atoms with Crippen molar-refractivity contribution in [3.05, 3.63) is 0 Å². The second kappa shape index (κ2) is 4.24. The van der Waals surface area contributed by atoms with Gasteiger partial charge in [0.25, 0.3) is 0 Å². The number of thiocarbonyl (C=S) groups is 1. The van der Waals surface area contributed by atoms with Crippen molar-refractivity contribution in [2.24, 2.45) is 0 Å². The highest BCUT2D eigenvalue weighted by Gasteiger charge is 2.18. The molecule has 0 aromatic rings. The average Bonchev–Trinajstić information content (AvgIpc) is 1.79. The summed E-state index contributed by atoms with van der Waals surface area (Å²) in [5.41, 5.74) is 0. The minimum atomic E-state index is -4.21. The predicted molar refractivity (Wildman–Crippen MR) is 50.1 cm³/mol. The molecule has 0 aliphatic heterocycles. The number of hydrogen-bond donors (Lipinski definition) is 2. The van der Waals surface area contributed by atoms with Gasteiger partial charge in [0.1, 0.15) is 4.32 Å². The Bertz CT molecular complexity index is 235. The van der Waals surface area contributed by atoms with Gasteiger partial charge in [-0.3, -0.25) is 4.55 Å². The van der Waals surface area contributed by atoms with E-state index in [1.54, 1.807) is 6.92 Å². The molecule has 0 aliphatic carbocycles. The van der Waals surface area contributed by atoms with Crippen LogP contribution in [0, 0.1) is 0 Å². The fourth-order valence-corrected chi connectivity index (χ4v) is 1.91. The van der Waals surface area contributed by atoms with E-state index in [0.29, 0.717) is 10.7 Å². The molecule has 4 nitrogen and oxygen atoms in total. The van der Waals surface area contributed by atoms with Crippen molar-refractivity contribution in [3.8, 4) is 0 Å². The summed E-state index contributed by atoms with van der Waals surface area (Å²) < 4.78 is 30.1. The van der Waals surface area contributed by atoms with E-state index >= 15 is 0 Å². The van der Waals surface area contributed by atoms with Gasteiger partial charge in [0, 0.05) is 6.54 Å². The van der Waals surface area contributed by atoms with Gasteiger partial charge in [-0.2, -0.15) is 8.42 Å². The number of hydrogen-bond acceptors (Lipinski definition) is 3. The van der Waals surface area contributed by atoms with E-state index in [4.69, 9.17) is 4.55 Å². The van der Waals surface area contributed by atoms with Crippen LogP contribution >= 0.6 is 24.8 Å². The van der Waals surface area contributed by atoms with E-state index in [9.17, 15) is 8.42 Å². The van der Waals surface area contributed by atoms with Gasteiger partial charge in [-0.1, -0.05) is 19.1 Å². The molecule has 1 N–H and O–H groups in total. The van der Waals surface area contributed by atoms with Crippen molar-refractivity contribution >= 4 is 39.5 Å². The van der Waals surface area contributed by atoms with Crippen molar-refractivity contribution in [1.82, 2.24) is 4.31 Å². The monoisotopic (exact) mass is 215 g/mol. The summed E-state index contributed by atoms with van der Waals surface area (Å²) in [6.07, 6.45) is 0.570. The van der Waals surface area contributed by atoms with Gasteiger partial charge in [-0.15, -0.1) is 12.6 Å². The molecule has 0 aromatic carbocycles. The minimum absolute atomic E-state index is 0.144. The second-order valence-electron chi connectivity index (χ2n) is 1.83. The molecule has 0 saturated heterocycles. The molecule has 0 aliphatic rings. The summed E-state index contributed by atoms with van der Waals surface area (Å²) in [6.45, 7) is 1.92. The molecule has 0 bridgehead atoms. The first-order chi connectivity index (χ1) is 4.89. The second-order valence-corrected chi connectivity index (χ2v) is 4.28. The Kier molecular flexibility index (Phi) is 4.30. The fraction of sp³-hybridized carbons (Fsp3) is 0.750. The van der Waals surface area contributed by atoms with Crippen LogP contribution in [-0.2, 0) is 10.3 Å². The van der Waals surface area contributed by atoms with E-state index in [2.05, 4.69) is 24.8 Å². The molecule has 0 amide bonds. The highest BCUT2D eigenvalue weighted by Crippen LogP contribution is 2.03.